The van der Waals surface area contributed by atoms with Crippen LogP contribution in [0.4, 0.5) is 4.79 Å². The number of likely N-dealkylation sites (tertiary alicyclic amines) is 1. The first kappa shape index (κ1) is 14.2. The Kier molecular flexibility index (Phi) is 3.30. The van der Waals surface area contributed by atoms with Crippen molar-refractivity contribution in [3.63, 3.8) is 0 Å². The van der Waals surface area contributed by atoms with Crippen LogP contribution in [0, 0.1) is 23.2 Å². The van der Waals surface area contributed by atoms with Crippen LogP contribution >= 0.6 is 0 Å². The Bertz CT molecular complexity index is 376. The predicted octanol–water partition coefficient (Wildman–Crippen LogP) is 4.07. The van der Waals surface area contributed by atoms with E-state index in [-0.39, 0.29) is 11.7 Å². The second-order valence-corrected chi connectivity index (χ2v) is 8.46. The maximum atomic E-state index is 12.3. The number of nitrogens with zero attached hydrogens (tertiary/aromatic N) is 1. The molecule has 0 radical (unpaired) electrons. The molecule has 1 amide bonds. The van der Waals surface area contributed by atoms with Crippen molar-refractivity contribution in [2.24, 2.45) is 23.2 Å². The van der Waals surface area contributed by atoms with Gasteiger partial charge in [0.2, 0.25) is 0 Å². The average Bonchev–Trinajstić information content (AvgIpc) is 2.23. The van der Waals surface area contributed by atoms with Crippen molar-refractivity contribution in [2.75, 3.05) is 13.1 Å². The van der Waals surface area contributed by atoms with Crippen molar-refractivity contribution in [3.05, 3.63) is 0 Å². The van der Waals surface area contributed by atoms with Crippen LogP contribution in [0.5, 0.6) is 0 Å². The van der Waals surface area contributed by atoms with E-state index in [9.17, 15) is 4.79 Å². The van der Waals surface area contributed by atoms with Gasteiger partial charge in [-0.25, -0.2) is 4.79 Å². The van der Waals surface area contributed by atoms with Crippen LogP contribution < -0.4 is 0 Å². The minimum absolute atomic E-state index is 0.100. The molecule has 1 spiro atoms. The van der Waals surface area contributed by atoms with Crippen LogP contribution in [0.1, 0.15) is 59.8 Å². The first-order chi connectivity index (χ1) is 9.30. The second-order valence-electron chi connectivity index (χ2n) is 8.46. The van der Waals surface area contributed by atoms with Gasteiger partial charge in [0, 0.05) is 13.1 Å². The first-order valence-electron chi connectivity index (χ1n) is 8.28. The molecule has 2 bridgehead atoms. The molecule has 3 fully saturated rings. The lowest BCUT2D eigenvalue weighted by atomic mass is 9.46. The van der Waals surface area contributed by atoms with Crippen molar-refractivity contribution < 1.29 is 9.53 Å². The molecule has 2 saturated carbocycles. The molecule has 1 heterocycles. The molecule has 0 aromatic rings. The monoisotopic (exact) mass is 279 g/mol. The molecule has 1 aliphatic heterocycles. The topological polar surface area (TPSA) is 29.5 Å². The maximum Gasteiger partial charge on any atom is 0.410 e. The molecule has 0 aromatic heterocycles. The summed E-state index contributed by atoms with van der Waals surface area (Å²) in [7, 11) is 0. The lowest BCUT2D eigenvalue weighted by molar-refractivity contribution is -0.133. The molecule has 2 unspecified atom stereocenters. The normalized spacial score (nSPS) is 40.4. The number of piperidine rings is 1. The molecule has 3 aliphatic rings. The standard InChI is InChI=1S/C17H29NO2/c1-12-8-17(9-12)13-6-5-7-14(17)11-18(10-13)15(19)20-16(2,3)4/h12-14H,5-11H2,1-4H3. The van der Waals surface area contributed by atoms with Crippen LogP contribution in [0.15, 0.2) is 0 Å². The van der Waals surface area contributed by atoms with E-state index < -0.39 is 0 Å². The van der Waals surface area contributed by atoms with E-state index >= 15 is 0 Å². The molecule has 2 atom stereocenters. The van der Waals surface area contributed by atoms with Gasteiger partial charge in [0.15, 0.2) is 0 Å². The maximum absolute atomic E-state index is 12.3. The number of carbonyl (C=O) groups is 1. The van der Waals surface area contributed by atoms with Gasteiger partial charge in [0.05, 0.1) is 0 Å². The van der Waals surface area contributed by atoms with Crippen LogP contribution in [0.25, 0.3) is 0 Å². The van der Waals surface area contributed by atoms with E-state index in [1.54, 1.807) is 0 Å². The number of amides is 1. The highest BCUT2D eigenvalue weighted by Crippen LogP contribution is 2.62. The Labute approximate surface area is 123 Å². The Morgan fingerprint density at radius 2 is 1.70 bits per heavy atom. The highest BCUT2D eigenvalue weighted by molar-refractivity contribution is 5.68. The van der Waals surface area contributed by atoms with Crippen molar-refractivity contribution in [1.82, 2.24) is 4.90 Å². The van der Waals surface area contributed by atoms with Gasteiger partial charge >= 0.3 is 6.09 Å². The molecule has 1 saturated heterocycles. The van der Waals surface area contributed by atoms with E-state index in [4.69, 9.17) is 4.74 Å². The van der Waals surface area contributed by atoms with E-state index in [0.29, 0.717) is 5.41 Å². The third kappa shape index (κ3) is 2.33. The lowest BCUT2D eigenvalue weighted by Gasteiger charge is -2.62. The number of hydrogen-bond acceptors (Lipinski definition) is 2. The average molecular weight is 279 g/mol. The molecular formula is C17H29NO2. The second kappa shape index (κ2) is 4.64. The summed E-state index contributed by atoms with van der Waals surface area (Å²) in [4.78, 5) is 14.3. The Morgan fingerprint density at radius 3 is 2.15 bits per heavy atom. The van der Waals surface area contributed by atoms with E-state index in [1.165, 1.54) is 32.1 Å². The van der Waals surface area contributed by atoms with E-state index in [0.717, 1.165) is 30.8 Å². The third-order valence-electron chi connectivity index (χ3n) is 5.72. The molecule has 0 N–H and O–H groups in total. The summed E-state index contributed by atoms with van der Waals surface area (Å²) in [6.45, 7) is 10.1. The quantitative estimate of drug-likeness (QED) is 0.669. The van der Waals surface area contributed by atoms with Crippen molar-refractivity contribution in [3.8, 4) is 0 Å². The fourth-order valence-corrected chi connectivity index (χ4v) is 5.05. The number of hydrogen-bond donors (Lipinski definition) is 0. The summed E-state index contributed by atoms with van der Waals surface area (Å²) in [6.07, 6.45) is 6.66. The number of carbonyl (C=O) groups excluding carboxylic acids is 1. The van der Waals surface area contributed by atoms with Gasteiger partial charge < -0.3 is 9.64 Å². The predicted molar refractivity (Wildman–Crippen MR) is 79.5 cm³/mol. The van der Waals surface area contributed by atoms with Crippen molar-refractivity contribution in [1.29, 1.82) is 0 Å². The van der Waals surface area contributed by atoms with Gasteiger partial charge in [-0.15, -0.1) is 0 Å². The SMILES string of the molecule is CC1CC2(C1)C1CCCC2CN(C(=O)OC(C)(C)C)C1. The molecule has 3 nitrogen and oxygen atoms in total. The highest BCUT2D eigenvalue weighted by atomic mass is 16.6. The van der Waals surface area contributed by atoms with Crippen LogP contribution in [-0.4, -0.2) is 29.7 Å². The summed E-state index contributed by atoms with van der Waals surface area (Å²) in [5, 5.41) is 0. The van der Waals surface area contributed by atoms with Gasteiger partial charge in [0.1, 0.15) is 5.60 Å². The zero-order valence-electron chi connectivity index (χ0n) is 13.4. The third-order valence-corrected chi connectivity index (χ3v) is 5.72. The molecule has 114 valence electrons. The molecule has 0 aromatic carbocycles. The fourth-order valence-electron chi connectivity index (χ4n) is 5.05. The minimum Gasteiger partial charge on any atom is -0.444 e. The number of ether oxygens (including phenoxy) is 1. The van der Waals surface area contributed by atoms with E-state index in [1.807, 2.05) is 25.7 Å². The van der Waals surface area contributed by atoms with Crippen molar-refractivity contribution >= 4 is 6.09 Å². The van der Waals surface area contributed by atoms with Gasteiger partial charge in [-0.1, -0.05) is 13.3 Å². The summed E-state index contributed by atoms with van der Waals surface area (Å²) in [6, 6.07) is 0. The minimum atomic E-state index is -0.383. The molecule has 2 aliphatic carbocycles. The van der Waals surface area contributed by atoms with Crippen LogP contribution in [0.3, 0.4) is 0 Å². The lowest BCUT2D eigenvalue weighted by Crippen LogP contribution is -2.61. The first-order valence-corrected chi connectivity index (χ1v) is 8.28. The summed E-state index contributed by atoms with van der Waals surface area (Å²) < 4.78 is 5.57. The zero-order valence-corrected chi connectivity index (χ0v) is 13.4. The Balaban J connectivity index is 1.70. The summed E-state index contributed by atoms with van der Waals surface area (Å²) >= 11 is 0. The molecular weight excluding hydrogens is 250 g/mol. The van der Waals surface area contributed by atoms with Gasteiger partial charge in [0.25, 0.3) is 0 Å². The smallest absolute Gasteiger partial charge is 0.410 e. The molecule has 3 rings (SSSR count). The van der Waals surface area contributed by atoms with Crippen molar-refractivity contribution in [2.45, 2.75) is 65.4 Å². The summed E-state index contributed by atoms with van der Waals surface area (Å²) in [5.41, 5.74) is 0.197. The van der Waals surface area contributed by atoms with E-state index in [2.05, 4.69) is 6.92 Å². The van der Waals surface area contributed by atoms with Crippen LogP contribution in [-0.2, 0) is 4.74 Å². The largest absolute Gasteiger partial charge is 0.444 e. The Hall–Kier alpha value is -0.730. The van der Waals surface area contributed by atoms with Crippen LogP contribution in [0.2, 0.25) is 0 Å². The highest BCUT2D eigenvalue weighted by Gasteiger charge is 2.57. The molecule has 3 heteroatoms. The summed E-state index contributed by atoms with van der Waals surface area (Å²) in [5.74, 6) is 2.34. The van der Waals surface area contributed by atoms with Gasteiger partial charge in [-0.3, -0.25) is 0 Å². The van der Waals surface area contributed by atoms with Gasteiger partial charge in [-0.05, 0) is 69.6 Å². The zero-order chi connectivity index (χ0) is 14.5. The fraction of sp³-hybridized carbons (Fsp3) is 0.941. The number of rotatable bonds is 0. The Morgan fingerprint density at radius 1 is 1.15 bits per heavy atom. The van der Waals surface area contributed by atoms with Gasteiger partial charge in [-0.2, -0.15) is 0 Å². The molecule has 20 heavy (non-hydrogen) atoms.